The Kier molecular flexibility index (Phi) is 4.82. The Hall–Kier alpha value is -0.350. The van der Waals surface area contributed by atoms with Gasteiger partial charge in [-0.25, -0.2) is 0 Å². The van der Waals surface area contributed by atoms with E-state index in [1.807, 2.05) is 0 Å². The predicted molar refractivity (Wildman–Crippen MR) is 88.0 cm³/mol. The summed E-state index contributed by atoms with van der Waals surface area (Å²) in [6.45, 7) is 3.02. The molecule has 1 saturated carbocycles. The second-order valence-electron chi connectivity index (χ2n) is 6.80. The van der Waals surface area contributed by atoms with Gasteiger partial charge in [0.2, 0.25) is 0 Å². The molecule has 2 N–H and O–H groups in total. The van der Waals surface area contributed by atoms with Crippen LogP contribution in [0.2, 0.25) is 0 Å². The van der Waals surface area contributed by atoms with Crippen molar-refractivity contribution in [3.8, 4) is 0 Å². The molecule has 0 aromatic carbocycles. The smallest absolute Gasteiger partial charge is 0.166 e. The Morgan fingerprint density at radius 2 is 1.60 bits per heavy atom. The molecule has 2 bridgehead atoms. The van der Waals surface area contributed by atoms with E-state index in [9.17, 15) is 0 Å². The number of nitrogens with zero attached hydrogens (tertiary/aromatic N) is 1. The maximum Gasteiger partial charge on any atom is 0.166 e. The third-order valence-corrected chi connectivity index (χ3v) is 5.71. The number of fused-ring (bicyclic) bond motifs is 2. The molecule has 2 heterocycles. The molecule has 4 heteroatoms. The summed E-state index contributed by atoms with van der Waals surface area (Å²) in [6, 6.07) is 3.11. The van der Waals surface area contributed by atoms with E-state index in [-0.39, 0.29) is 0 Å². The topological polar surface area (TPSA) is 27.3 Å². The van der Waals surface area contributed by atoms with Gasteiger partial charge >= 0.3 is 0 Å². The van der Waals surface area contributed by atoms with E-state index in [1.165, 1.54) is 57.8 Å². The largest absolute Gasteiger partial charge is 0.363 e. The lowest BCUT2D eigenvalue weighted by Gasteiger charge is -2.52. The van der Waals surface area contributed by atoms with Crippen molar-refractivity contribution >= 4 is 17.3 Å². The van der Waals surface area contributed by atoms with E-state index in [0.717, 1.165) is 29.8 Å². The van der Waals surface area contributed by atoms with Crippen LogP contribution in [0.3, 0.4) is 0 Å². The molecule has 2 atom stereocenters. The third kappa shape index (κ3) is 3.11. The van der Waals surface area contributed by atoms with Gasteiger partial charge in [-0.15, -0.1) is 0 Å². The number of rotatable bonds is 3. The Balaban J connectivity index is 1.61. The van der Waals surface area contributed by atoms with Crippen molar-refractivity contribution in [3.05, 3.63) is 0 Å². The van der Waals surface area contributed by atoms with Crippen molar-refractivity contribution in [3.63, 3.8) is 0 Å². The lowest BCUT2D eigenvalue weighted by Crippen LogP contribution is -2.60. The molecule has 2 saturated heterocycles. The second-order valence-corrected chi connectivity index (χ2v) is 7.20. The molecular weight excluding hydrogens is 266 g/mol. The Labute approximate surface area is 128 Å². The minimum absolute atomic E-state index is 0.592. The maximum absolute atomic E-state index is 5.37. The minimum atomic E-state index is 0.592. The minimum Gasteiger partial charge on any atom is -0.363 e. The van der Waals surface area contributed by atoms with Gasteiger partial charge in [0, 0.05) is 30.7 Å². The first-order chi connectivity index (χ1) is 9.78. The molecule has 0 aromatic rings. The summed E-state index contributed by atoms with van der Waals surface area (Å²) in [4.78, 5) is 2.92. The van der Waals surface area contributed by atoms with Gasteiger partial charge in [-0.1, -0.05) is 19.3 Å². The molecule has 0 radical (unpaired) electrons. The van der Waals surface area contributed by atoms with Crippen molar-refractivity contribution < 1.29 is 0 Å². The summed E-state index contributed by atoms with van der Waals surface area (Å²) in [6.07, 6.45) is 12.6. The van der Waals surface area contributed by atoms with Gasteiger partial charge in [0.15, 0.2) is 5.11 Å². The van der Waals surface area contributed by atoms with E-state index in [0.29, 0.717) is 6.04 Å². The van der Waals surface area contributed by atoms with Crippen LogP contribution in [-0.4, -0.2) is 40.7 Å². The van der Waals surface area contributed by atoms with Crippen molar-refractivity contribution in [1.82, 2.24) is 15.5 Å². The molecule has 3 fully saturated rings. The molecule has 114 valence electrons. The van der Waals surface area contributed by atoms with Gasteiger partial charge in [-0.2, -0.15) is 0 Å². The van der Waals surface area contributed by atoms with Crippen LogP contribution in [0.4, 0.5) is 0 Å². The molecule has 3 aliphatic rings. The zero-order valence-electron chi connectivity index (χ0n) is 12.7. The van der Waals surface area contributed by atoms with E-state index >= 15 is 0 Å². The number of piperidine rings is 2. The average molecular weight is 295 g/mol. The quantitative estimate of drug-likeness (QED) is 0.783. The fourth-order valence-electron chi connectivity index (χ4n) is 4.73. The SMILES string of the molecule is CCNC(=S)NC1CC2CCCC(C1)N2C1CCCC1. The third-order valence-electron chi connectivity index (χ3n) is 5.45. The Morgan fingerprint density at radius 1 is 1.00 bits per heavy atom. The fourth-order valence-corrected chi connectivity index (χ4v) is 5.04. The summed E-state index contributed by atoms with van der Waals surface area (Å²) in [5, 5.41) is 7.64. The second kappa shape index (κ2) is 6.61. The van der Waals surface area contributed by atoms with E-state index < -0.39 is 0 Å². The van der Waals surface area contributed by atoms with Crippen molar-refractivity contribution in [2.75, 3.05) is 6.54 Å². The summed E-state index contributed by atoms with van der Waals surface area (Å²) in [5.74, 6) is 0. The van der Waals surface area contributed by atoms with Crippen LogP contribution in [0.25, 0.3) is 0 Å². The summed E-state index contributed by atoms with van der Waals surface area (Å²) in [7, 11) is 0. The van der Waals surface area contributed by atoms with Crippen LogP contribution >= 0.6 is 12.2 Å². The normalized spacial score (nSPS) is 35.0. The van der Waals surface area contributed by atoms with Gasteiger partial charge < -0.3 is 10.6 Å². The van der Waals surface area contributed by atoms with Crippen LogP contribution in [0, 0.1) is 0 Å². The van der Waals surface area contributed by atoms with Gasteiger partial charge in [-0.3, -0.25) is 4.90 Å². The highest BCUT2D eigenvalue weighted by atomic mass is 32.1. The molecule has 2 unspecified atom stereocenters. The predicted octanol–water partition coefficient (Wildman–Crippen LogP) is 2.80. The molecule has 0 aromatic heterocycles. The Morgan fingerprint density at radius 3 is 2.20 bits per heavy atom. The molecular formula is C16H29N3S. The van der Waals surface area contributed by atoms with Crippen LogP contribution in [0.15, 0.2) is 0 Å². The summed E-state index contributed by atoms with van der Waals surface area (Å²) in [5.41, 5.74) is 0. The van der Waals surface area contributed by atoms with Gasteiger partial charge in [0.1, 0.15) is 0 Å². The maximum atomic E-state index is 5.37. The van der Waals surface area contributed by atoms with Crippen molar-refractivity contribution in [2.24, 2.45) is 0 Å². The van der Waals surface area contributed by atoms with Crippen molar-refractivity contribution in [2.45, 2.75) is 88.9 Å². The fraction of sp³-hybridized carbons (Fsp3) is 0.938. The van der Waals surface area contributed by atoms with Gasteiger partial charge in [0.05, 0.1) is 0 Å². The zero-order valence-corrected chi connectivity index (χ0v) is 13.6. The average Bonchev–Trinajstić information content (AvgIpc) is 2.91. The lowest BCUT2D eigenvalue weighted by molar-refractivity contribution is -0.00607. The van der Waals surface area contributed by atoms with E-state index in [4.69, 9.17) is 12.2 Å². The Bertz CT molecular complexity index is 327. The van der Waals surface area contributed by atoms with Crippen molar-refractivity contribution in [1.29, 1.82) is 0 Å². The van der Waals surface area contributed by atoms with Crippen LogP contribution in [-0.2, 0) is 0 Å². The summed E-state index contributed by atoms with van der Waals surface area (Å²) < 4.78 is 0. The van der Waals surface area contributed by atoms with E-state index in [2.05, 4.69) is 22.5 Å². The highest BCUT2D eigenvalue weighted by Crippen LogP contribution is 2.39. The molecule has 20 heavy (non-hydrogen) atoms. The number of hydrogen-bond acceptors (Lipinski definition) is 2. The molecule has 0 amide bonds. The van der Waals surface area contributed by atoms with E-state index in [1.54, 1.807) is 0 Å². The van der Waals surface area contributed by atoms with Crippen LogP contribution in [0.1, 0.15) is 64.7 Å². The molecule has 3 nitrogen and oxygen atoms in total. The van der Waals surface area contributed by atoms with Gasteiger partial charge in [-0.05, 0) is 57.7 Å². The highest BCUT2D eigenvalue weighted by molar-refractivity contribution is 7.80. The molecule has 1 aliphatic carbocycles. The zero-order chi connectivity index (χ0) is 13.9. The van der Waals surface area contributed by atoms with Crippen LogP contribution < -0.4 is 10.6 Å². The molecule has 2 aliphatic heterocycles. The molecule has 3 rings (SSSR count). The highest BCUT2D eigenvalue weighted by Gasteiger charge is 2.42. The first kappa shape index (κ1) is 14.6. The van der Waals surface area contributed by atoms with Gasteiger partial charge in [0.25, 0.3) is 0 Å². The number of thiocarbonyl (C=S) groups is 1. The first-order valence-electron chi connectivity index (χ1n) is 8.59. The monoisotopic (exact) mass is 295 g/mol. The molecule has 0 spiro atoms. The first-order valence-corrected chi connectivity index (χ1v) is 9.00. The number of hydrogen-bond donors (Lipinski definition) is 2. The summed E-state index contributed by atoms with van der Waals surface area (Å²) >= 11 is 5.37. The number of nitrogens with one attached hydrogen (secondary N) is 2. The lowest BCUT2D eigenvalue weighted by atomic mass is 9.80. The van der Waals surface area contributed by atoms with Crippen LogP contribution in [0.5, 0.6) is 0 Å². The standard InChI is InChI=1S/C16H29N3S/c1-2-17-16(20)18-12-10-14-8-5-9-15(11-12)19(14)13-6-3-4-7-13/h12-15H,2-11H2,1H3,(H2,17,18,20).